The second-order valence-electron chi connectivity index (χ2n) is 9.28. The summed E-state index contributed by atoms with van der Waals surface area (Å²) in [6, 6.07) is 36.2. The molecule has 0 aliphatic carbocycles. The summed E-state index contributed by atoms with van der Waals surface area (Å²) < 4.78 is 9.53. The third-order valence-corrected chi connectivity index (χ3v) is 6.60. The highest BCUT2D eigenvalue weighted by Gasteiger charge is 2.38. The van der Waals surface area contributed by atoms with Crippen molar-refractivity contribution in [3.05, 3.63) is 144 Å². The number of amides is 1. The fraction of sp³-hybridized carbons (Fsp3) is 0.147. The maximum atomic E-state index is 13.1. The van der Waals surface area contributed by atoms with Gasteiger partial charge in [0.15, 0.2) is 5.60 Å². The number of methoxy groups -OCH3 is 2. The van der Waals surface area contributed by atoms with Gasteiger partial charge in [-0.25, -0.2) is 5.48 Å². The molecule has 0 fully saturated rings. The van der Waals surface area contributed by atoms with Crippen molar-refractivity contribution >= 4 is 29.6 Å². The number of nitrogens with zero attached hydrogens (tertiary/aromatic N) is 1. The molecule has 0 radical (unpaired) electrons. The molecule has 0 heterocycles. The minimum atomic E-state index is -1.12. The SMILES string of the molecule is COC(=O)CN(CC(=O)OC)c1cccc(C=CC(=O)NOC(c2ccccc2)(c2ccccc2)c2ccccc2)c1. The zero-order valence-electron chi connectivity index (χ0n) is 23.4. The molecule has 1 N–H and O–H groups in total. The van der Waals surface area contributed by atoms with Crippen LogP contribution in [0.15, 0.2) is 121 Å². The van der Waals surface area contributed by atoms with E-state index in [1.54, 1.807) is 30.3 Å². The zero-order chi connectivity index (χ0) is 29.8. The molecule has 0 aliphatic heterocycles. The molecule has 4 rings (SSSR count). The van der Waals surface area contributed by atoms with Crippen LogP contribution in [0.5, 0.6) is 0 Å². The minimum absolute atomic E-state index is 0.145. The number of hydrogen-bond acceptors (Lipinski definition) is 7. The third kappa shape index (κ3) is 7.30. The van der Waals surface area contributed by atoms with E-state index < -0.39 is 23.4 Å². The van der Waals surface area contributed by atoms with Crippen molar-refractivity contribution < 1.29 is 28.7 Å². The van der Waals surface area contributed by atoms with E-state index in [0.29, 0.717) is 11.3 Å². The van der Waals surface area contributed by atoms with Crippen LogP contribution in [-0.2, 0) is 34.3 Å². The van der Waals surface area contributed by atoms with Crippen LogP contribution in [0.3, 0.4) is 0 Å². The van der Waals surface area contributed by atoms with Gasteiger partial charge in [0.25, 0.3) is 5.91 Å². The van der Waals surface area contributed by atoms with E-state index in [1.807, 2.05) is 91.0 Å². The summed E-state index contributed by atoms with van der Waals surface area (Å²) in [5.74, 6) is -1.49. The summed E-state index contributed by atoms with van der Waals surface area (Å²) in [7, 11) is 2.56. The predicted molar refractivity (Wildman–Crippen MR) is 160 cm³/mol. The fourth-order valence-corrected chi connectivity index (χ4v) is 4.53. The summed E-state index contributed by atoms with van der Waals surface area (Å²) in [5, 5.41) is 0. The van der Waals surface area contributed by atoms with E-state index in [9.17, 15) is 14.4 Å². The molecule has 0 saturated carbocycles. The number of rotatable bonds is 12. The second-order valence-corrected chi connectivity index (χ2v) is 9.28. The highest BCUT2D eigenvalue weighted by atomic mass is 16.7. The number of esters is 2. The maximum absolute atomic E-state index is 13.1. The Morgan fingerprint density at radius 1 is 0.690 bits per heavy atom. The Hall–Kier alpha value is -5.21. The average Bonchev–Trinajstić information content (AvgIpc) is 3.05. The van der Waals surface area contributed by atoms with E-state index in [-0.39, 0.29) is 13.1 Å². The number of benzene rings is 4. The first-order valence-electron chi connectivity index (χ1n) is 13.3. The number of carbonyl (C=O) groups excluding carboxylic acids is 3. The van der Waals surface area contributed by atoms with Crippen molar-refractivity contribution in [2.45, 2.75) is 5.60 Å². The van der Waals surface area contributed by atoms with Crippen LogP contribution in [0, 0.1) is 0 Å². The topological polar surface area (TPSA) is 94.2 Å². The van der Waals surface area contributed by atoms with E-state index in [4.69, 9.17) is 14.3 Å². The average molecular weight is 565 g/mol. The van der Waals surface area contributed by atoms with Crippen LogP contribution in [0.1, 0.15) is 22.3 Å². The van der Waals surface area contributed by atoms with Crippen molar-refractivity contribution in [3.63, 3.8) is 0 Å². The van der Waals surface area contributed by atoms with Crippen molar-refractivity contribution in [2.24, 2.45) is 0 Å². The number of nitrogens with one attached hydrogen (secondary N) is 1. The third-order valence-electron chi connectivity index (χ3n) is 6.60. The number of hydroxylamine groups is 1. The molecule has 1 amide bonds. The monoisotopic (exact) mass is 564 g/mol. The lowest BCUT2D eigenvalue weighted by molar-refractivity contribution is -0.140. The Balaban J connectivity index is 1.59. The number of carbonyl (C=O) groups is 3. The van der Waals surface area contributed by atoms with Crippen molar-refractivity contribution in [3.8, 4) is 0 Å². The van der Waals surface area contributed by atoms with Crippen LogP contribution in [0.25, 0.3) is 6.08 Å². The number of anilines is 1. The van der Waals surface area contributed by atoms with Gasteiger partial charge in [-0.15, -0.1) is 0 Å². The smallest absolute Gasteiger partial charge is 0.325 e. The molecule has 8 nitrogen and oxygen atoms in total. The summed E-state index contributed by atoms with van der Waals surface area (Å²) in [4.78, 5) is 44.8. The molecule has 0 saturated heterocycles. The van der Waals surface area contributed by atoms with Gasteiger partial charge >= 0.3 is 11.9 Å². The Labute approximate surface area is 245 Å². The fourth-order valence-electron chi connectivity index (χ4n) is 4.53. The summed E-state index contributed by atoms with van der Waals surface area (Å²) in [6.07, 6.45) is 2.97. The van der Waals surface area contributed by atoms with Gasteiger partial charge in [-0.05, 0) is 40.5 Å². The van der Waals surface area contributed by atoms with Crippen molar-refractivity contribution in [1.82, 2.24) is 5.48 Å². The quantitative estimate of drug-likeness (QED) is 0.113. The highest BCUT2D eigenvalue weighted by molar-refractivity contribution is 5.91. The molecule has 4 aromatic carbocycles. The van der Waals surface area contributed by atoms with Gasteiger partial charge in [-0.2, -0.15) is 0 Å². The molecule has 42 heavy (non-hydrogen) atoms. The molecular weight excluding hydrogens is 532 g/mol. The van der Waals surface area contributed by atoms with Crippen molar-refractivity contribution in [2.75, 3.05) is 32.2 Å². The summed E-state index contributed by atoms with van der Waals surface area (Å²) in [6.45, 7) is -0.290. The molecular formula is C34H32N2O6. The largest absolute Gasteiger partial charge is 0.468 e. The standard InChI is InChI=1S/C34H32N2O6/c1-40-32(38)24-36(25-33(39)41-2)30-20-12-13-26(23-30)21-22-31(37)35-42-34(27-14-6-3-7-15-27,28-16-8-4-9-17-28)29-18-10-5-11-19-29/h3-23H,24-25H2,1-2H3,(H,35,37). The van der Waals surface area contributed by atoms with Gasteiger partial charge in [0, 0.05) is 11.8 Å². The first kappa shape index (κ1) is 29.8. The van der Waals surface area contributed by atoms with E-state index in [1.165, 1.54) is 25.2 Å². The van der Waals surface area contributed by atoms with Gasteiger partial charge in [-0.3, -0.25) is 19.2 Å². The molecule has 0 aliphatic rings. The number of hydrogen-bond donors (Lipinski definition) is 1. The lowest BCUT2D eigenvalue weighted by atomic mass is 9.80. The molecule has 4 aromatic rings. The second kappa shape index (κ2) is 14.4. The van der Waals surface area contributed by atoms with E-state index in [2.05, 4.69) is 5.48 Å². The van der Waals surface area contributed by atoms with Gasteiger partial charge in [0.2, 0.25) is 0 Å². The van der Waals surface area contributed by atoms with Gasteiger partial charge < -0.3 is 14.4 Å². The van der Waals surface area contributed by atoms with Crippen molar-refractivity contribution in [1.29, 1.82) is 0 Å². The first-order chi connectivity index (χ1) is 20.5. The maximum Gasteiger partial charge on any atom is 0.325 e. The van der Waals surface area contributed by atoms with Crippen LogP contribution < -0.4 is 10.4 Å². The molecule has 0 spiro atoms. The van der Waals surface area contributed by atoms with Gasteiger partial charge in [0.05, 0.1) is 14.2 Å². The van der Waals surface area contributed by atoms with Crippen LogP contribution in [0.4, 0.5) is 5.69 Å². The Kier molecular flexibility index (Phi) is 10.2. The lowest BCUT2D eigenvalue weighted by Crippen LogP contribution is -2.40. The highest BCUT2D eigenvalue weighted by Crippen LogP contribution is 2.39. The molecule has 0 aromatic heterocycles. The molecule has 0 atom stereocenters. The van der Waals surface area contributed by atoms with Crippen LogP contribution in [0.2, 0.25) is 0 Å². The normalized spacial score (nSPS) is 11.1. The van der Waals surface area contributed by atoms with Gasteiger partial charge in [-0.1, -0.05) is 103 Å². The Morgan fingerprint density at radius 3 is 1.62 bits per heavy atom. The van der Waals surface area contributed by atoms with Crippen LogP contribution >= 0.6 is 0 Å². The minimum Gasteiger partial charge on any atom is -0.468 e. The molecule has 0 unspecified atom stereocenters. The Morgan fingerprint density at radius 2 is 1.17 bits per heavy atom. The van der Waals surface area contributed by atoms with E-state index in [0.717, 1.165) is 16.7 Å². The van der Waals surface area contributed by atoms with E-state index >= 15 is 0 Å². The lowest BCUT2D eigenvalue weighted by Gasteiger charge is -2.34. The van der Waals surface area contributed by atoms with Crippen LogP contribution in [-0.4, -0.2) is 45.2 Å². The molecule has 214 valence electrons. The molecule has 0 bridgehead atoms. The predicted octanol–water partition coefficient (Wildman–Crippen LogP) is 4.89. The Bertz CT molecular complexity index is 1390. The number of ether oxygens (including phenoxy) is 2. The van der Waals surface area contributed by atoms with Gasteiger partial charge in [0.1, 0.15) is 13.1 Å². The summed E-state index contributed by atoms with van der Waals surface area (Å²) in [5.41, 5.74) is 5.30. The molecule has 8 heteroatoms. The summed E-state index contributed by atoms with van der Waals surface area (Å²) >= 11 is 0. The first-order valence-corrected chi connectivity index (χ1v) is 13.3. The zero-order valence-corrected chi connectivity index (χ0v) is 23.4.